The van der Waals surface area contributed by atoms with E-state index in [1.54, 1.807) is 13.0 Å². The number of rotatable bonds is 3. The minimum Gasteiger partial charge on any atom is -0.324 e. The third kappa shape index (κ3) is 2.85. The molecule has 2 rings (SSSR count). The summed E-state index contributed by atoms with van der Waals surface area (Å²) in [4.78, 5) is 22.1. The second kappa shape index (κ2) is 5.29. The predicted molar refractivity (Wildman–Crippen MR) is 65.5 cm³/mol. The summed E-state index contributed by atoms with van der Waals surface area (Å²) in [5, 5.41) is 13.2. The number of carbonyl (C=O) groups is 1. The highest BCUT2D eigenvalue weighted by molar-refractivity contribution is 5.95. The summed E-state index contributed by atoms with van der Waals surface area (Å²) in [6.07, 6.45) is 0. The molecule has 1 aliphatic rings. The first-order chi connectivity index (χ1) is 8.99. The number of amides is 1. The van der Waals surface area contributed by atoms with Crippen LogP contribution in [0.3, 0.4) is 0 Å². The van der Waals surface area contributed by atoms with Gasteiger partial charge in [0.05, 0.1) is 6.54 Å². The first-order valence-corrected chi connectivity index (χ1v) is 5.68. The molecular formula is C11H13FN4O3. The molecule has 2 unspecified atom stereocenters. The van der Waals surface area contributed by atoms with Crippen LogP contribution in [0, 0.1) is 22.9 Å². The van der Waals surface area contributed by atoms with Gasteiger partial charge in [0.2, 0.25) is 5.91 Å². The fourth-order valence-corrected chi connectivity index (χ4v) is 1.81. The maximum Gasteiger partial charge on any atom is 0.252 e. The monoisotopic (exact) mass is 268 g/mol. The van der Waals surface area contributed by atoms with E-state index in [2.05, 4.69) is 16.2 Å². The number of carbonyl (C=O) groups excluding carboxylic acids is 1. The average molecular weight is 268 g/mol. The largest absolute Gasteiger partial charge is 0.324 e. The topological polar surface area (TPSA) is 96.3 Å². The summed E-state index contributed by atoms with van der Waals surface area (Å²) in [6.45, 7) is 1.67. The molecule has 0 bridgehead atoms. The summed E-state index contributed by atoms with van der Waals surface area (Å²) in [5.41, 5.74) is 5.83. The van der Waals surface area contributed by atoms with Crippen LogP contribution in [0.5, 0.6) is 0 Å². The van der Waals surface area contributed by atoms with Crippen molar-refractivity contribution in [2.45, 2.75) is 19.0 Å². The van der Waals surface area contributed by atoms with Gasteiger partial charge in [-0.25, -0.2) is 15.2 Å². The fourth-order valence-electron chi connectivity index (χ4n) is 1.81. The van der Waals surface area contributed by atoms with Crippen molar-refractivity contribution in [1.82, 2.24) is 10.9 Å². The number of hydrogen-bond acceptors (Lipinski definition) is 5. The highest BCUT2D eigenvalue weighted by Crippen LogP contribution is 2.14. The summed E-state index contributed by atoms with van der Waals surface area (Å²) in [7, 11) is 0. The van der Waals surface area contributed by atoms with E-state index in [-0.39, 0.29) is 12.2 Å². The molecule has 2 atom stereocenters. The van der Waals surface area contributed by atoms with Gasteiger partial charge in [0, 0.05) is 10.6 Å². The van der Waals surface area contributed by atoms with Crippen molar-refractivity contribution in [2.24, 2.45) is 0 Å². The van der Waals surface area contributed by atoms with E-state index in [0.717, 1.165) is 0 Å². The molecule has 1 saturated heterocycles. The van der Waals surface area contributed by atoms with Gasteiger partial charge in [-0.05, 0) is 24.6 Å². The van der Waals surface area contributed by atoms with Crippen LogP contribution in [0.1, 0.15) is 5.56 Å². The minimum absolute atomic E-state index is 0.0628. The zero-order chi connectivity index (χ0) is 14.0. The van der Waals surface area contributed by atoms with Crippen molar-refractivity contribution in [3.63, 3.8) is 0 Å². The molecule has 1 amide bonds. The van der Waals surface area contributed by atoms with E-state index in [1.807, 2.05) is 0 Å². The summed E-state index contributed by atoms with van der Waals surface area (Å²) >= 11 is 0. The molecule has 0 radical (unpaired) electrons. The van der Waals surface area contributed by atoms with Crippen LogP contribution in [-0.4, -0.2) is 29.5 Å². The molecule has 7 nitrogen and oxygen atoms in total. The Bertz CT molecular complexity index is 523. The van der Waals surface area contributed by atoms with Crippen LogP contribution in [0.15, 0.2) is 18.2 Å². The molecule has 102 valence electrons. The Morgan fingerprint density at radius 3 is 2.95 bits per heavy atom. The van der Waals surface area contributed by atoms with Gasteiger partial charge in [0.1, 0.15) is 5.82 Å². The first kappa shape index (κ1) is 13.4. The summed E-state index contributed by atoms with van der Waals surface area (Å²) < 4.78 is 13.3. The zero-order valence-electron chi connectivity index (χ0n) is 10.1. The van der Waals surface area contributed by atoms with Gasteiger partial charge >= 0.3 is 0 Å². The van der Waals surface area contributed by atoms with Crippen molar-refractivity contribution in [3.8, 4) is 0 Å². The smallest absolute Gasteiger partial charge is 0.252 e. The molecule has 1 aliphatic heterocycles. The molecule has 1 fully saturated rings. The van der Waals surface area contributed by atoms with Gasteiger partial charge in [-0.15, -0.1) is 0 Å². The maximum atomic E-state index is 13.3. The quantitative estimate of drug-likeness (QED) is 0.537. The molecule has 8 heteroatoms. The van der Waals surface area contributed by atoms with Crippen LogP contribution in [-0.2, 0) is 4.79 Å². The van der Waals surface area contributed by atoms with Crippen molar-refractivity contribution >= 4 is 11.6 Å². The molecule has 3 N–H and O–H groups in total. The van der Waals surface area contributed by atoms with Crippen molar-refractivity contribution in [3.05, 3.63) is 39.7 Å². The van der Waals surface area contributed by atoms with Crippen LogP contribution in [0.25, 0.3) is 0 Å². The lowest BCUT2D eigenvalue weighted by Gasteiger charge is -2.13. The molecule has 1 aromatic rings. The Hall–Kier alpha value is -2.06. The zero-order valence-corrected chi connectivity index (χ0v) is 10.1. The number of benzene rings is 1. The van der Waals surface area contributed by atoms with Gasteiger partial charge in [-0.1, -0.05) is 6.07 Å². The van der Waals surface area contributed by atoms with E-state index in [0.29, 0.717) is 5.56 Å². The van der Waals surface area contributed by atoms with E-state index in [1.165, 1.54) is 12.1 Å². The van der Waals surface area contributed by atoms with Gasteiger partial charge in [0.25, 0.3) is 6.04 Å². The van der Waals surface area contributed by atoms with Crippen LogP contribution < -0.4 is 16.2 Å². The highest BCUT2D eigenvalue weighted by atomic mass is 19.1. The Morgan fingerprint density at radius 2 is 2.32 bits per heavy atom. The Kier molecular flexibility index (Phi) is 3.72. The van der Waals surface area contributed by atoms with E-state index in [4.69, 9.17) is 0 Å². The van der Waals surface area contributed by atoms with E-state index >= 15 is 0 Å². The molecule has 0 aliphatic carbocycles. The number of anilines is 1. The fraction of sp³-hybridized carbons (Fsp3) is 0.364. The molecule has 0 aromatic heterocycles. The molecule has 0 saturated carbocycles. The summed E-state index contributed by atoms with van der Waals surface area (Å²) in [5.74, 6) is -1.02. The maximum absolute atomic E-state index is 13.3. The van der Waals surface area contributed by atoms with Crippen LogP contribution >= 0.6 is 0 Å². The summed E-state index contributed by atoms with van der Waals surface area (Å²) in [6, 6.07) is 2.21. The third-order valence-electron chi connectivity index (χ3n) is 2.95. The molecule has 1 aromatic carbocycles. The SMILES string of the molecule is Cc1ccc(NC(=O)C2NNCC2[N+](=O)[O-])cc1F. The normalized spacial score (nSPS) is 22.2. The second-order valence-corrected chi connectivity index (χ2v) is 4.31. The van der Waals surface area contributed by atoms with Gasteiger partial charge in [-0.2, -0.15) is 0 Å². The predicted octanol–water partition coefficient (Wildman–Crippen LogP) is 0.194. The minimum atomic E-state index is -1.05. The third-order valence-corrected chi connectivity index (χ3v) is 2.95. The van der Waals surface area contributed by atoms with Crippen molar-refractivity contribution in [2.75, 3.05) is 11.9 Å². The van der Waals surface area contributed by atoms with Crippen LogP contribution in [0.4, 0.5) is 10.1 Å². The second-order valence-electron chi connectivity index (χ2n) is 4.31. The standard InChI is InChI=1S/C11H13FN4O3/c1-6-2-3-7(4-8(6)12)14-11(17)10-9(16(18)19)5-13-15-10/h2-4,9-10,13,15H,5H2,1H3,(H,14,17). The number of aryl methyl sites for hydroxylation is 1. The number of nitro groups is 1. The molecule has 1 heterocycles. The number of halogens is 1. The van der Waals surface area contributed by atoms with E-state index in [9.17, 15) is 19.3 Å². The molecule has 19 heavy (non-hydrogen) atoms. The molecule has 0 spiro atoms. The Morgan fingerprint density at radius 1 is 1.58 bits per heavy atom. The van der Waals surface area contributed by atoms with Gasteiger partial charge in [0.15, 0.2) is 6.04 Å². The van der Waals surface area contributed by atoms with Crippen molar-refractivity contribution < 1.29 is 14.1 Å². The first-order valence-electron chi connectivity index (χ1n) is 5.68. The Balaban J connectivity index is 2.08. The van der Waals surface area contributed by atoms with Crippen LogP contribution in [0.2, 0.25) is 0 Å². The number of hydrazine groups is 1. The number of nitrogens with zero attached hydrogens (tertiary/aromatic N) is 1. The van der Waals surface area contributed by atoms with E-state index < -0.39 is 28.7 Å². The average Bonchev–Trinajstić information content (AvgIpc) is 2.83. The lowest BCUT2D eigenvalue weighted by atomic mass is 10.1. The highest BCUT2D eigenvalue weighted by Gasteiger charge is 2.41. The van der Waals surface area contributed by atoms with Gasteiger partial charge < -0.3 is 5.32 Å². The number of nitrogens with one attached hydrogen (secondary N) is 3. The lowest BCUT2D eigenvalue weighted by Crippen LogP contribution is -2.46. The van der Waals surface area contributed by atoms with Gasteiger partial charge in [-0.3, -0.25) is 14.9 Å². The molecular weight excluding hydrogens is 255 g/mol. The Labute approximate surface area is 108 Å². The number of hydrogen-bond donors (Lipinski definition) is 3. The van der Waals surface area contributed by atoms with Crippen molar-refractivity contribution in [1.29, 1.82) is 0 Å². The lowest BCUT2D eigenvalue weighted by molar-refractivity contribution is -0.517.